The Morgan fingerprint density at radius 1 is 0.966 bits per heavy atom. The maximum absolute atomic E-state index is 6.22. The predicted molar refractivity (Wildman–Crippen MR) is 114 cm³/mol. The summed E-state index contributed by atoms with van der Waals surface area (Å²) in [4.78, 5) is 4.79. The number of fused-ring (bicyclic) bond motifs is 2. The molecule has 156 valence electrons. The van der Waals surface area contributed by atoms with Crippen LogP contribution in [-0.4, -0.2) is 65.8 Å². The summed E-state index contributed by atoms with van der Waals surface area (Å²) >= 11 is 0. The quantitative estimate of drug-likeness (QED) is 0.320. The van der Waals surface area contributed by atoms with Crippen LogP contribution in [-0.2, 0) is 14.2 Å². The number of ether oxygens (including phenoxy) is 3. The van der Waals surface area contributed by atoms with Gasteiger partial charge in [0.05, 0.1) is 12.7 Å². The molecular weight excluding hydrogens is 370 g/mol. The molecule has 29 heavy (non-hydrogen) atoms. The first kappa shape index (κ1) is 21.2. The van der Waals surface area contributed by atoms with E-state index in [0.717, 1.165) is 58.8 Å². The molecule has 0 atom stereocenters. The highest BCUT2D eigenvalue weighted by atomic mass is 16.5. The molecule has 0 saturated heterocycles. The van der Waals surface area contributed by atoms with E-state index in [1.54, 1.807) is 21.3 Å². The van der Waals surface area contributed by atoms with Gasteiger partial charge in [0.15, 0.2) is 24.4 Å². The average Bonchev–Trinajstić information content (AvgIpc) is 2.73. The fraction of sp³-hybridized carbons (Fsp3) is 0.455. The van der Waals surface area contributed by atoms with Crippen LogP contribution in [0.1, 0.15) is 5.56 Å². The van der Waals surface area contributed by atoms with E-state index in [4.69, 9.17) is 23.6 Å². The minimum Gasteiger partial charge on any atom is -0.452 e. The van der Waals surface area contributed by atoms with Gasteiger partial charge >= 0.3 is 0 Å². The van der Waals surface area contributed by atoms with Crippen LogP contribution in [0.4, 0.5) is 5.69 Å². The summed E-state index contributed by atoms with van der Waals surface area (Å²) in [5, 5.41) is 4.44. The Labute approximate surface area is 171 Å². The molecule has 0 aromatic heterocycles. The van der Waals surface area contributed by atoms with Gasteiger partial charge in [0, 0.05) is 45.7 Å². The van der Waals surface area contributed by atoms with Gasteiger partial charge in [0.2, 0.25) is 5.36 Å². The fourth-order valence-corrected chi connectivity index (χ4v) is 3.21. The van der Waals surface area contributed by atoms with E-state index in [9.17, 15) is 0 Å². The molecule has 1 aromatic carbocycles. The van der Waals surface area contributed by atoms with Gasteiger partial charge < -0.3 is 23.9 Å². The number of nitrogens with zero attached hydrogens (tertiary/aromatic N) is 2. The van der Waals surface area contributed by atoms with Gasteiger partial charge in [-0.05, 0) is 24.6 Å². The molecule has 0 saturated carbocycles. The van der Waals surface area contributed by atoms with Crippen molar-refractivity contribution < 1.29 is 18.6 Å². The van der Waals surface area contributed by atoms with Crippen LogP contribution >= 0.6 is 0 Å². The van der Waals surface area contributed by atoms with E-state index in [2.05, 4.69) is 22.9 Å². The average molecular weight is 400 g/mol. The second kappa shape index (κ2) is 10.3. The molecule has 0 fully saturated rings. The highest BCUT2D eigenvalue weighted by molar-refractivity contribution is 5.81. The molecule has 1 aromatic rings. The lowest BCUT2D eigenvalue weighted by Gasteiger charge is -2.12. The number of hydrogen-bond donors (Lipinski definition) is 1. The van der Waals surface area contributed by atoms with Crippen LogP contribution in [0.2, 0.25) is 0 Å². The minimum absolute atomic E-state index is 0.643. The normalized spacial score (nSPS) is 11.3. The molecule has 0 amide bonds. The maximum Gasteiger partial charge on any atom is 0.203 e. The number of nitrogens with one attached hydrogen (secondary N) is 1. The van der Waals surface area contributed by atoms with Gasteiger partial charge in [-0.25, -0.2) is 9.56 Å². The standard InChI is InChI=1S/C22H29N3O4/c1-16-13-20-22(15-19(16)23-7-10-26-2)29-21-14-17(5-6-18(21)24-20)25(8-11-27-3)9-12-28-4/h5-6,13-15H,7-12H2,1-4H3/p+1. The minimum atomic E-state index is 0.643. The highest BCUT2D eigenvalue weighted by Crippen LogP contribution is 2.27. The van der Waals surface area contributed by atoms with Crippen molar-refractivity contribution in [2.24, 2.45) is 0 Å². The summed E-state index contributed by atoms with van der Waals surface area (Å²) < 4.78 is 24.1. The molecule has 7 heteroatoms. The summed E-state index contributed by atoms with van der Waals surface area (Å²) in [6, 6.07) is 10.2. The molecule has 7 nitrogen and oxygen atoms in total. The first-order valence-electron chi connectivity index (χ1n) is 9.80. The van der Waals surface area contributed by atoms with Crippen LogP contribution in [0, 0.1) is 6.92 Å². The van der Waals surface area contributed by atoms with Gasteiger partial charge in [-0.15, -0.1) is 0 Å². The van der Waals surface area contributed by atoms with Crippen molar-refractivity contribution in [3.8, 4) is 11.5 Å². The molecule has 3 rings (SSSR count). The molecule has 1 heterocycles. The molecular formula is C22H30N3O4+. The van der Waals surface area contributed by atoms with Crippen LogP contribution in [0.25, 0.3) is 22.6 Å². The molecule has 1 aliphatic carbocycles. The van der Waals surface area contributed by atoms with E-state index in [1.807, 2.05) is 24.3 Å². The number of aryl methyl sites for hydroxylation is 1. The Balaban J connectivity index is 2.04. The number of benzene rings is 2. The smallest absolute Gasteiger partial charge is 0.203 e. The summed E-state index contributed by atoms with van der Waals surface area (Å²) in [6.07, 6.45) is 0. The van der Waals surface area contributed by atoms with Crippen molar-refractivity contribution in [3.05, 3.63) is 41.3 Å². The van der Waals surface area contributed by atoms with Crippen LogP contribution in [0.3, 0.4) is 0 Å². The lowest BCUT2D eigenvalue weighted by atomic mass is 10.1. The number of rotatable bonds is 10. The first-order chi connectivity index (χ1) is 14.2. The summed E-state index contributed by atoms with van der Waals surface area (Å²) in [6.45, 7) is 6.29. The zero-order valence-corrected chi connectivity index (χ0v) is 17.7. The van der Waals surface area contributed by atoms with Gasteiger partial charge in [-0.2, -0.15) is 0 Å². The van der Waals surface area contributed by atoms with Crippen molar-refractivity contribution in [3.63, 3.8) is 0 Å². The lowest BCUT2D eigenvalue weighted by molar-refractivity contribution is 0.170. The van der Waals surface area contributed by atoms with Gasteiger partial charge in [0.1, 0.15) is 24.4 Å². The van der Waals surface area contributed by atoms with E-state index in [1.165, 1.54) is 0 Å². The SMILES string of the molecule is COCCNc1cc2oc3cc(=[N+](CCOC)CCOC)ccc-3nc2cc1C. The summed E-state index contributed by atoms with van der Waals surface area (Å²) in [7, 11) is 5.11. The Morgan fingerprint density at radius 2 is 1.69 bits per heavy atom. The van der Waals surface area contributed by atoms with Crippen molar-refractivity contribution in [2.75, 3.05) is 66.1 Å². The third kappa shape index (κ3) is 5.32. The summed E-state index contributed by atoms with van der Waals surface area (Å²) in [5.74, 6) is 0.751. The van der Waals surface area contributed by atoms with E-state index >= 15 is 0 Å². The Morgan fingerprint density at radius 3 is 2.38 bits per heavy atom. The zero-order chi connectivity index (χ0) is 20.6. The largest absolute Gasteiger partial charge is 0.452 e. The predicted octanol–water partition coefficient (Wildman–Crippen LogP) is 2.36. The van der Waals surface area contributed by atoms with Crippen LogP contribution in [0.15, 0.2) is 34.7 Å². The van der Waals surface area contributed by atoms with E-state index < -0.39 is 0 Å². The van der Waals surface area contributed by atoms with E-state index in [0.29, 0.717) is 19.8 Å². The lowest BCUT2D eigenvalue weighted by Crippen LogP contribution is -2.35. The second-order valence-corrected chi connectivity index (χ2v) is 6.89. The van der Waals surface area contributed by atoms with Crippen molar-refractivity contribution in [2.45, 2.75) is 6.92 Å². The van der Waals surface area contributed by atoms with Crippen LogP contribution < -0.4 is 15.2 Å². The number of methoxy groups -OCH3 is 3. The maximum atomic E-state index is 6.22. The van der Waals surface area contributed by atoms with Crippen molar-refractivity contribution >= 4 is 16.8 Å². The van der Waals surface area contributed by atoms with Crippen LogP contribution in [0.5, 0.6) is 0 Å². The van der Waals surface area contributed by atoms with Gasteiger partial charge in [0.25, 0.3) is 0 Å². The molecule has 0 radical (unpaired) electrons. The van der Waals surface area contributed by atoms with Crippen molar-refractivity contribution in [1.82, 2.24) is 9.56 Å². The van der Waals surface area contributed by atoms with E-state index in [-0.39, 0.29) is 0 Å². The molecule has 0 bridgehead atoms. The Kier molecular flexibility index (Phi) is 7.57. The third-order valence-corrected chi connectivity index (χ3v) is 4.83. The molecule has 1 N–H and O–H groups in total. The number of anilines is 1. The Bertz CT molecular complexity index is 974. The summed E-state index contributed by atoms with van der Waals surface area (Å²) in [5.41, 5.74) is 4.57. The molecule has 1 aliphatic heterocycles. The molecule has 2 aliphatic rings. The zero-order valence-electron chi connectivity index (χ0n) is 17.7. The number of hydrogen-bond acceptors (Lipinski definition) is 6. The van der Waals surface area contributed by atoms with Crippen molar-refractivity contribution in [1.29, 1.82) is 0 Å². The van der Waals surface area contributed by atoms with Gasteiger partial charge in [-0.3, -0.25) is 0 Å². The Hall–Kier alpha value is -2.48. The third-order valence-electron chi connectivity index (χ3n) is 4.83. The first-order valence-corrected chi connectivity index (χ1v) is 9.80. The second-order valence-electron chi connectivity index (χ2n) is 6.89. The molecule has 0 unspecified atom stereocenters. The fourth-order valence-electron chi connectivity index (χ4n) is 3.21. The highest BCUT2D eigenvalue weighted by Gasteiger charge is 2.14. The van der Waals surface area contributed by atoms with Gasteiger partial charge in [-0.1, -0.05) is 0 Å². The topological polar surface area (TPSA) is 68.8 Å². The monoisotopic (exact) mass is 400 g/mol. The molecule has 0 spiro atoms. The number of aromatic nitrogens is 1.